The van der Waals surface area contributed by atoms with Gasteiger partial charge in [0.05, 0.1) is 0 Å². The fourth-order valence-corrected chi connectivity index (χ4v) is 7.52. The van der Waals surface area contributed by atoms with Crippen LogP contribution in [-0.4, -0.2) is 46.5 Å². The molecule has 44 heavy (non-hydrogen) atoms. The summed E-state index contributed by atoms with van der Waals surface area (Å²) >= 11 is 0. The Morgan fingerprint density at radius 3 is 0.977 bits per heavy atom. The number of nitrogens with zero attached hydrogens (tertiary/aromatic N) is 2. The van der Waals surface area contributed by atoms with E-state index in [1.807, 2.05) is 48.5 Å². The summed E-state index contributed by atoms with van der Waals surface area (Å²) in [6.07, 6.45) is 10.4. The molecule has 0 fully saturated rings. The van der Waals surface area contributed by atoms with Crippen molar-refractivity contribution in [1.82, 2.24) is 9.80 Å². The van der Waals surface area contributed by atoms with Gasteiger partial charge in [-0.1, -0.05) is 89.5 Å². The van der Waals surface area contributed by atoms with Gasteiger partial charge in [0.2, 0.25) is 0 Å². The van der Waals surface area contributed by atoms with Crippen molar-refractivity contribution in [3.05, 3.63) is 70.8 Å². The van der Waals surface area contributed by atoms with E-state index < -0.39 is 0 Å². The normalized spacial score (nSPS) is 14.9. The zero-order chi connectivity index (χ0) is 30.5. The Labute approximate surface area is 257 Å². The number of hydrogen-bond acceptors (Lipinski definition) is 4. The maximum Gasteiger partial charge on any atom is 0.261 e. The molecule has 0 spiro atoms. The zero-order valence-electron chi connectivity index (χ0n) is 25.6. The summed E-state index contributed by atoms with van der Waals surface area (Å²) in [5, 5.41) is 6.87. The lowest BCUT2D eigenvalue weighted by Crippen LogP contribution is -2.41. The summed E-state index contributed by atoms with van der Waals surface area (Å²) in [6.45, 7) is 5.19. The minimum atomic E-state index is -0.233. The smallest absolute Gasteiger partial charge is 0.261 e. The molecule has 2 heterocycles. The first-order chi connectivity index (χ1) is 21.5. The lowest BCUT2D eigenvalue weighted by atomic mass is 9.82. The van der Waals surface area contributed by atoms with E-state index in [1.54, 1.807) is 0 Å². The second-order valence-corrected chi connectivity index (χ2v) is 12.5. The van der Waals surface area contributed by atoms with Crippen LogP contribution in [0.4, 0.5) is 0 Å². The van der Waals surface area contributed by atoms with E-state index in [0.29, 0.717) is 46.1 Å². The molecule has 0 unspecified atom stereocenters. The van der Waals surface area contributed by atoms with Crippen molar-refractivity contribution in [3.63, 3.8) is 0 Å². The molecule has 5 aromatic rings. The standard InChI is InChI=1S/C38H38N2O4/c1-3-5-7-9-11-21-39-35(41)27-17-13-23-25-15-19-29-34-30(38(44)40(37(29)43)22-12-10-8-6-4-2)20-16-26(32(25)34)24-14-18-28(36(39)42)33(27)31(23)24/h13-20H,3-12,21-22H2,1-2H3. The Hall–Kier alpha value is -4.32. The van der Waals surface area contributed by atoms with Crippen LogP contribution < -0.4 is 0 Å². The summed E-state index contributed by atoms with van der Waals surface area (Å²) in [4.78, 5) is 57.6. The molecule has 4 amide bonds. The highest BCUT2D eigenvalue weighted by Crippen LogP contribution is 2.46. The lowest BCUT2D eigenvalue weighted by Gasteiger charge is -2.30. The summed E-state index contributed by atoms with van der Waals surface area (Å²) < 4.78 is 0. The first-order valence-corrected chi connectivity index (χ1v) is 16.4. The van der Waals surface area contributed by atoms with Gasteiger partial charge in [0.15, 0.2) is 0 Å². The van der Waals surface area contributed by atoms with Crippen molar-refractivity contribution < 1.29 is 19.2 Å². The molecule has 6 heteroatoms. The van der Waals surface area contributed by atoms with Gasteiger partial charge >= 0.3 is 0 Å². The number of unbranched alkanes of at least 4 members (excludes halogenated alkanes) is 8. The van der Waals surface area contributed by atoms with Gasteiger partial charge in [0, 0.05) is 46.1 Å². The van der Waals surface area contributed by atoms with Gasteiger partial charge < -0.3 is 0 Å². The molecule has 0 N–H and O–H groups in total. The van der Waals surface area contributed by atoms with Crippen LogP contribution in [0, 0.1) is 0 Å². The van der Waals surface area contributed by atoms with Crippen LogP contribution in [0.2, 0.25) is 0 Å². The quantitative estimate of drug-likeness (QED) is 0.0633. The highest BCUT2D eigenvalue weighted by Gasteiger charge is 2.36. The Kier molecular flexibility index (Phi) is 7.31. The van der Waals surface area contributed by atoms with E-state index in [4.69, 9.17) is 0 Å². The number of fused-ring (bicyclic) bond motifs is 2. The van der Waals surface area contributed by atoms with Crippen molar-refractivity contribution in [2.45, 2.75) is 78.1 Å². The summed E-state index contributed by atoms with van der Waals surface area (Å²) in [6, 6.07) is 15.3. The van der Waals surface area contributed by atoms with Crippen molar-refractivity contribution in [3.8, 4) is 0 Å². The van der Waals surface area contributed by atoms with E-state index in [2.05, 4.69) is 13.8 Å². The number of benzene rings is 5. The molecular formula is C38H38N2O4. The van der Waals surface area contributed by atoms with Crippen LogP contribution in [0.15, 0.2) is 48.5 Å². The van der Waals surface area contributed by atoms with Crippen molar-refractivity contribution in [2.75, 3.05) is 13.1 Å². The molecule has 224 valence electrons. The van der Waals surface area contributed by atoms with Crippen LogP contribution in [0.1, 0.15) is 119 Å². The van der Waals surface area contributed by atoms with E-state index in [-0.39, 0.29) is 23.6 Å². The van der Waals surface area contributed by atoms with Gasteiger partial charge in [-0.25, -0.2) is 0 Å². The van der Waals surface area contributed by atoms with Gasteiger partial charge in [0.25, 0.3) is 23.6 Å². The number of carbonyl (C=O) groups is 4. The van der Waals surface area contributed by atoms with Crippen LogP contribution >= 0.6 is 0 Å². The molecule has 0 saturated carbocycles. The molecule has 6 nitrogen and oxygen atoms in total. The average Bonchev–Trinajstić information content (AvgIpc) is 3.04. The van der Waals surface area contributed by atoms with Gasteiger partial charge in [-0.2, -0.15) is 0 Å². The predicted octanol–water partition coefficient (Wildman–Crippen LogP) is 8.87. The minimum absolute atomic E-state index is 0.233. The SMILES string of the molecule is CCCCCCCN1C(=O)c2ccc3c4ccc5c6c(ccc(c7ccc(c2c37)C1=O)c64)C(=O)N(CCCCCCC)C5=O. The summed E-state index contributed by atoms with van der Waals surface area (Å²) in [5.74, 6) is -0.931. The van der Waals surface area contributed by atoms with Crippen LogP contribution in [0.25, 0.3) is 43.1 Å². The molecule has 2 aliphatic rings. The first kappa shape index (κ1) is 28.5. The molecule has 0 saturated heterocycles. The Balaban J connectivity index is 1.33. The number of carbonyl (C=O) groups excluding carboxylic acids is 4. The first-order valence-electron chi connectivity index (χ1n) is 16.4. The van der Waals surface area contributed by atoms with E-state index in [1.165, 1.54) is 9.80 Å². The maximum absolute atomic E-state index is 13.7. The number of rotatable bonds is 12. The van der Waals surface area contributed by atoms with Gasteiger partial charge in [-0.15, -0.1) is 0 Å². The predicted molar refractivity (Wildman–Crippen MR) is 176 cm³/mol. The monoisotopic (exact) mass is 586 g/mol. The molecule has 0 aromatic heterocycles. The van der Waals surface area contributed by atoms with Crippen LogP contribution in [0.3, 0.4) is 0 Å². The van der Waals surface area contributed by atoms with Gasteiger partial charge in [0.1, 0.15) is 0 Å². The van der Waals surface area contributed by atoms with Crippen molar-refractivity contribution in [2.24, 2.45) is 0 Å². The van der Waals surface area contributed by atoms with E-state index in [0.717, 1.165) is 96.5 Å². The third-order valence-corrected chi connectivity index (χ3v) is 9.77. The largest absolute Gasteiger partial charge is 0.274 e. The van der Waals surface area contributed by atoms with Crippen LogP contribution in [-0.2, 0) is 0 Å². The van der Waals surface area contributed by atoms with Crippen molar-refractivity contribution in [1.29, 1.82) is 0 Å². The average molecular weight is 587 g/mol. The lowest BCUT2D eigenvalue weighted by molar-refractivity contribution is 0.0592. The maximum atomic E-state index is 13.7. The number of amides is 4. The molecule has 5 aromatic carbocycles. The fourth-order valence-electron chi connectivity index (χ4n) is 7.52. The number of imide groups is 2. The molecule has 0 atom stereocenters. The highest BCUT2D eigenvalue weighted by molar-refractivity contribution is 6.41. The molecular weight excluding hydrogens is 548 g/mol. The fraction of sp³-hybridized carbons (Fsp3) is 0.368. The Morgan fingerprint density at radius 2 is 0.682 bits per heavy atom. The number of hydrogen-bond donors (Lipinski definition) is 0. The second-order valence-electron chi connectivity index (χ2n) is 12.5. The van der Waals surface area contributed by atoms with E-state index in [9.17, 15) is 19.2 Å². The Morgan fingerprint density at radius 1 is 0.386 bits per heavy atom. The van der Waals surface area contributed by atoms with Crippen molar-refractivity contribution >= 4 is 66.7 Å². The third-order valence-electron chi connectivity index (χ3n) is 9.77. The second kappa shape index (κ2) is 11.3. The summed E-state index contributed by atoms with van der Waals surface area (Å²) in [7, 11) is 0. The molecule has 2 aliphatic heterocycles. The minimum Gasteiger partial charge on any atom is -0.274 e. The topological polar surface area (TPSA) is 74.8 Å². The molecule has 0 radical (unpaired) electrons. The van der Waals surface area contributed by atoms with Gasteiger partial charge in [-0.05, 0) is 69.4 Å². The highest BCUT2D eigenvalue weighted by atomic mass is 16.2. The summed E-state index contributed by atoms with van der Waals surface area (Å²) in [5.41, 5.74) is 2.23. The molecule has 0 aliphatic carbocycles. The van der Waals surface area contributed by atoms with Gasteiger partial charge in [-0.3, -0.25) is 29.0 Å². The van der Waals surface area contributed by atoms with Crippen LogP contribution in [0.5, 0.6) is 0 Å². The third kappa shape index (κ3) is 4.21. The molecule has 7 rings (SSSR count). The Bertz CT molecular complexity index is 1730. The van der Waals surface area contributed by atoms with E-state index >= 15 is 0 Å². The molecule has 0 bridgehead atoms. The zero-order valence-corrected chi connectivity index (χ0v) is 25.6.